The first kappa shape index (κ1) is 43.4. The predicted octanol–water partition coefficient (Wildman–Crippen LogP) is 11.3. The van der Waals surface area contributed by atoms with Crippen LogP contribution in [0.3, 0.4) is 0 Å². The van der Waals surface area contributed by atoms with E-state index in [-0.39, 0.29) is 44.9 Å². The van der Waals surface area contributed by atoms with E-state index >= 15 is 0 Å². The molecule has 0 aliphatic heterocycles. The van der Waals surface area contributed by atoms with Crippen molar-refractivity contribution in [1.29, 1.82) is 0 Å². The first-order valence-corrected chi connectivity index (χ1v) is 26.4. The number of rotatable bonds is 17. The molecule has 0 aliphatic carbocycles. The lowest BCUT2D eigenvalue weighted by Gasteiger charge is -2.47. The van der Waals surface area contributed by atoms with Crippen LogP contribution in [-0.4, -0.2) is 56.2 Å². The van der Waals surface area contributed by atoms with E-state index < -0.39 is 30.4 Å². The van der Waals surface area contributed by atoms with Crippen molar-refractivity contribution in [2.24, 2.45) is 17.3 Å². The number of ether oxygens (including phenoxy) is 1. The van der Waals surface area contributed by atoms with Crippen molar-refractivity contribution in [3.8, 4) is 0 Å². The van der Waals surface area contributed by atoms with Crippen molar-refractivity contribution in [2.45, 2.75) is 170 Å². The molecule has 0 bridgehead atoms. The van der Waals surface area contributed by atoms with Crippen molar-refractivity contribution in [1.82, 2.24) is 0 Å². The van der Waals surface area contributed by atoms with Gasteiger partial charge in [0.2, 0.25) is 0 Å². The zero-order chi connectivity index (χ0) is 36.2. The van der Waals surface area contributed by atoms with Gasteiger partial charge in [-0.15, -0.1) is 0 Å². The van der Waals surface area contributed by atoms with Gasteiger partial charge in [0.05, 0.1) is 25.4 Å². The third-order valence-electron chi connectivity index (χ3n) is 11.5. The minimum Gasteiger partial charge on any atom is -0.417 e. The summed E-state index contributed by atoms with van der Waals surface area (Å²) in [6, 6.07) is 10.3. The van der Waals surface area contributed by atoms with Crippen molar-refractivity contribution in [3.63, 3.8) is 0 Å². The average molecular weight is 695 g/mol. The highest BCUT2D eigenvalue weighted by Gasteiger charge is 2.49. The molecule has 0 aromatic heterocycles. The van der Waals surface area contributed by atoms with Gasteiger partial charge in [0, 0.05) is 23.9 Å². The first-order valence-electron chi connectivity index (χ1n) is 17.6. The van der Waals surface area contributed by atoms with Crippen LogP contribution in [0.4, 0.5) is 0 Å². The second-order valence-electron chi connectivity index (χ2n) is 19.0. The summed E-state index contributed by atoms with van der Waals surface area (Å²) in [6.07, 6.45) is 0.167. The maximum absolute atomic E-state index is 14.8. The molecule has 0 N–H and O–H groups in total. The monoisotopic (exact) mass is 694 g/mol. The number of hydrogen-bond acceptors (Lipinski definition) is 5. The molecule has 0 aliphatic rings. The Morgan fingerprint density at radius 3 is 1.61 bits per heavy atom. The van der Waals surface area contributed by atoms with Crippen molar-refractivity contribution in [2.75, 3.05) is 13.2 Å². The van der Waals surface area contributed by atoms with Gasteiger partial charge in [-0.05, 0) is 66.4 Å². The highest BCUT2D eigenvalue weighted by molar-refractivity contribution is 6.75. The Morgan fingerprint density at radius 1 is 0.696 bits per heavy atom. The number of hydrogen-bond donors (Lipinski definition) is 0. The normalized spacial score (nSPS) is 17.0. The lowest BCUT2D eigenvalue weighted by molar-refractivity contribution is -0.141. The zero-order valence-corrected chi connectivity index (χ0v) is 36.6. The molecule has 1 aromatic carbocycles. The van der Waals surface area contributed by atoms with E-state index in [2.05, 4.69) is 141 Å². The third-order valence-corrected chi connectivity index (χ3v) is 25.0. The molecule has 5 nitrogen and oxygen atoms in total. The fourth-order valence-electron chi connectivity index (χ4n) is 4.89. The molecule has 8 heteroatoms. The fourth-order valence-corrected chi connectivity index (χ4v) is 8.90. The van der Waals surface area contributed by atoms with Crippen molar-refractivity contribution >= 4 is 30.7 Å². The molecule has 46 heavy (non-hydrogen) atoms. The van der Waals surface area contributed by atoms with E-state index in [1.54, 1.807) is 0 Å². The third kappa shape index (κ3) is 11.8. The standard InChI is InChI=1S/C38H74O5Si3/c1-29(27-40-28-31-23-21-20-22-24-31)33(43-46(18,19)37(9,10)11)30(2)34(39)38(12,13)32(42-45(16,17)36(6,7)8)25-26-41-44(14,15)35(3,4)5/h20-24,29-30,32-33H,25-28H2,1-19H3/t29-,30+,32-,33-/m0/s1. The molecule has 0 radical (unpaired) electrons. The lowest BCUT2D eigenvalue weighted by atomic mass is 9.73. The maximum atomic E-state index is 14.8. The second-order valence-corrected chi connectivity index (χ2v) is 33.3. The highest BCUT2D eigenvalue weighted by atomic mass is 28.4. The largest absolute Gasteiger partial charge is 0.417 e. The van der Waals surface area contributed by atoms with Crippen molar-refractivity contribution < 1.29 is 22.8 Å². The summed E-state index contributed by atoms with van der Waals surface area (Å²) in [6.45, 7) is 44.2. The van der Waals surface area contributed by atoms with E-state index in [0.29, 0.717) is 26.2 Å². The van der Waals surface area contributed by atoms with Gasteiger partial charge in [-0.3, -0.25) is 4.79 Å². The number of benzene rings is 1. The van der Waals surface area contributed by atoms with Gasteiger partial charge < -0.3 is 18.0 Å². The van der Waals surface area contributed by atoms with Crippen LogP contribution in [0.25, 0.3) is 0 Å². The van der Waals surface area contributed by atoms with Gasteiger partial charge in [-0.1, -0.05) is 120 Å². The summed E-state index contributed by atoms with van der Waals surface area (Å²) < 4.78 is 27.2. The topological polar surface area (TPSA) is 54.0 Å². The number of Topliss-reactive ketones (excluding diaryl/α,β-unsaturated/α-hetero) is 1. The molecule has 0 amide bonds. The van der Waals surface area contributed by atoms with Gasteiger partial charge in [-0.2, -0.15) is 0 Å². The van der Waals surface area contributed by atoms with Gasteiger partial charge in [0.1, 0.15) is 5.78 Å². The summed E-state index contributed by atoms with van der Waals surface area (Å²) in [5.74, 6) is -0.0947. The van der Waals surface area contributed by atoms with E-state index in [0.717, 1.165) is 5.56 Å². The highest BCUT2D eigenvalue weighted by Crippen LogP contribution is 2.44. The minimum absolute atomic E-state index is 0.0171. The number of ketones is 1. The van der Waals surface area contributed by atoms with Crippen LogP contribution in [-0.2, 0) is 29.4 Å². The van der Waals surface area contributed by atoms with Crippen LogP contribution in [0.2, 0.25) is 54.4 Å². The predicted molar refractivity (Wildman–Crippen MR) is 205 cm³/mol. The molecule has 268 valence electrons. The molecule has 4 atom stereocenters. The Balaban J connectivity index is 3.42. The van der Waals surface area contributed by atoms with Crippen LogP contribution in [0.5, 0.6) is 0 Å². The van der Waals surface area contributed by atoms with E-state index in [4.69, 9.17) is 18.0 Å². The molecule has 0 heterocycles. The smallest absolute Gasteiger partial charge is 0.192 e. The second kappa shape index (κ2) is 15.9. The van der Waals surface area contributed by atoms with Crippen LogP contribution in [0, 0.1) is 17.3 Å². The fraction of sp³-hybridized carbons (Fsp3) is 0.816. The molecule has 0 fully saturated rings. The van der Waals surface area contributed by atoms with Gasteiger partial charge in [0.25, 0.3) is 0 Å². The van der Waals surface area contributed by atoms with E-state index in [1.807, 2.05) is 18.2 Å². The summed E-state index contributed by atoms with van der Waals surface area (Å²) in [5, 5.41) is 0.160. The summed E-state index contributed by atoms with van der Waals surface area (Å²) in [5.41, 5.74) is 0.415. The Hall–Kier alpha value is -0.619. The molecular formula is C38H74O5Si3. The van der Waals surface area contributed by atoms with Crippen LogP contribution in [0.15, 0.2) is 30.3 Å². The Bertz CT molecular complexity index is 1080. The summed E-state index contributed by atoms with van der Waals surface area (Å²) in [4.78, 5) is 14.8. The molecular weight excluding hydrogens is 621 g/mol. The lowest BCUT2D eigenvalue weighted by Crippen LogP contribution is -2.54. The van der Waals surface area contributed by atoms with Gasteiger partial charge >= 0.3 is 0 Å². The van der Waals surface area contributed by atoms with Gasteiger partial charge in [0.15, 0.2) is 25.0 Å². The molecule has 0 unspecified atom stereocenters. The van der Waals surface area contributed by atoms with Gasteiger partial charge in [-0.25, -0.2) is 0 Å². The molecule has 0 saturated heterocycles. The number of carbonyl (C=O) groups excluding carboxylic acids is 1. The SMILES string of the molecule is C[C@@H](COCc1ccccc1)[C@H](O[Si](C)(C)C(C)(C)C)[C@@H](C)C(=O)C(C)(C)[C@H](CCO[Si](C)(C)C(C)(C)C)O[Si](C)(C)C(C)(C)C. The summed E-state index contributed by atoms with van der Waals surface area (Å²) in [7, 11) is -6.34. The Kier molecular flexibility index (Phi) is 15.0. The molecule has 0 spiro atoms. The Labute approximate surface area is 288 Å². The zero-order valence-electron chi connectivity index (χ0n) is 33.6. The van der Waals surface area contributed by atoms with E-state index in [9.17, 15) is 4.79 Å². The summed E-state index contributed by atoms with van der Waals surface area (Å²) >= 11 is 0. The number of carbonyl (C=O) groups is 1. The van der Waals surface area contributed by atoms with Crippen molar-refractivity contribution in [3.05, 3.63) is 35.9 Å². The molecule has 1 rings (SSSR count). The van der Waals surface area contributed by atoms with Crippen LogP contribution in [0.1, 0.15) is 102 Å². The molecule has 1 aromatic rings. The van der Waals surface area contributed by atoms with E-state index in [1.165, 1.54) is 0 Å². The minimum atomic E-state index is -2.20. The van der Waals surface area contributed by atoms with Crippen LogP contribution < -0.4 is 0 Å². The first-order chi connectivity index (χ1) is 20.5. The maximum Gasteiger partial charge on any atom is 0.192 e. The Morgan fingerprint density at radius 2 is 1.15 bits per heavy atom. The van der Waals surface area contributed by atoms with Crippen LogP contribution >= 0.6 is 0 Å². The molecule has 0 saturated carbocycles. The average Bonchev–Trinajstić information content (AvgIpc) is 2.88. The quantitative estimate of drug-likeness (QED) is 0.152.